The number of alkyl halides is 26. The van der Waals surface area contributed by atoms with Crippen molar-refractivity contribution in [1.29, 1.82) is 0 Å². The Labute approximate surface area is 223 Å². The molecule has 0 spiro atoms. The Balaban J connectivity index is 6.61. The Kier molecular flexibility index (Phi) is 10.2. The zero-order valence-corrected chi connectivity index (χ0v) is 18.9. The lowest BCUT2D eigenvalue weighted by atomic mass is 10.1. The smallest absolute Gasteiger partial charge is 0.384 e. The summed E-state index contributed by atoms with van der Waals surface area (Å²) in [5, 5.41) is 0. The SMILES string of the molecule is O=C(OC(=O)C(F)(F)C(F)(F)C(F)(F)OC(F)(C(F)(F)F)C(F)(F)F)C(F)(F)C(F)(F)C(F)(F)OC(F)(C(F)(F)F)C(F)(F)F. The first kappa shape index (κ1) is 42.2. The maximum atomic E-state index is 13.5. The van der Waals surface area contributed by atoms with Crippen LogP contribution in [0.4, 0.5) is 114 Å². The molecule has 0 aromatic heterocycles. The second kappa shape index (κ2) is 10.9. The number of carbonyl (C=O) groups is 2. The quantitative estimate of drug-likeness (QED) is 0.133. The molecule has 0 rings (SSSR count). The van der Waals surface area contributed by atoms with Gasteiger partial charge in [0.25, 0.3) is 0 Å². The first-order valence-corrected chi connectivity index (χ1v) is 9.05. The lowest BCUT2D eigenvalue weighted by Gasteiger charge is -2.37. The van der Waals surface area contributed by atoms with Gasteiger partial charge in [0.05, 0.1) is 0 Å². The normalized spacial score (nSPS) is 16.1. The van der Waals surface area contributed by atoms with Crippen LogP contribution in [0.3, 0.4) is 0 Å². The van der Waals surface area contributed by atoms with Gasteiger partial charge in [0.2, 0.25) is 0 Å². The van der Waals surface area contributed by atoms with Crippen molar-refractivity contribution in [3.8, 4) is 0 Å². The van der Waals surface area contributed by atoms with Gasteiger partial charge in [0.15, 0.2) is 0 Å². The Morgan fingerprint density at radius 3 is 0.667 bits per heavy atom. The molecular formula is C14F26O5. The molecule has 0 saturated heterocycles. The van der Waals surface area contributed by atoms with Crippen LogP contribution in [0.2, 0.25) is 0 Å². The van der Waals surface area contributed by atoms with Crippen molar-refractivity contribution in [1.82, 2.24) is 0 Å². The van der Waals surface area contributed by atoms with Crippen molar-refractivity contribution in [3.05, 3.63) is 0 Å². The molecule has 0 aliphatic heterocycles. The third kappa shape index (κ3) is 6.72. The van der Waals surface area contributed by atoms with Crippen LogP contribution in [0.25, 0.3) is 0 Å². The van der Waals surface area contributed by atoms with E-state index in [1.165, 1.54) is 0 Å². The highest BCUT2D eigenvalue weighted by Gasteiger charge is 2.87. The summed E-state index contributed by atoms with van der Waals surface area (Å²) in [6.45, 7) is 0. The highest BCUT2D eigenvalue weighted by molar-refractivity contribution is 5.93. The molecule has 31 heteroatoms. The predicted octanol–water partition coefficient (Wildman–Crippen LogP) is 7.40. The highest BCUT2D eigenvalue weighted by atomic mass is 19.4. The van der Waals surface area contributed by atoms with Crippen LogP contribution in [0.5, 0.6) is 0 Å². The fourth-order valence-electron chi connectivity index (χ4n) is 1.87. The molecule has 0 aromatic rings. The highest BCUT2D eigenvalue weighted by Crippen LogP contribution is 2.57. The summed E-state index contributed by atoms with van der Waals surface area (Å²) in [7, 11) is 0. The van der Waals surface area contributed by atoms with E-state index in [1.54, 1.807) is 4.74 Å². The average molecular weight is 742 g/mol. The zero-order chi connectivity index (χ0) is 37.3. The number of ether oxygens (including phenoxy) is 3. The second-order valence-electron chi connectivity index (χ2n) is 7.39. The van der Waals surface area contributed by atoms with Crippen LogP contribution in [-0.4, -0.2) is 84.3 Å². The van der Waals surface area contributed by atoms with Crippen LogP contribution in [0.15, 0.2) is 0 Å². The molecule has 0 fully saturated rings. The van der Waals surface area contributed by atoms with E-state index in [2.05, 4.69) is 0 Å². The Bertz CT molecular complexity index is 993. The fourth-order valence-corrected chi connectivity index (χ4v) is 1.87. The number of hydrogen-bond acceptors (Lipinski definition) is 5. The van der Waals surface area contributed by atoms with E-state index < -0.39 is 84.3 Å². The van der Waals surface area contributed by atoms with Crippen molar-refractivity contribution in [2.24, 2.45) is 0 Å². The van der Waals surface area contributed by atoms with Gasteiger partial charge in [-0.05, 0) is 0 Å². The summed E-state index contributed by atoms with van der Waals surface area (Å²) in [5.41, 5.74) is 0. The van der Waals surface area contributed by atoms with Crippen LogP contribution < -0.4 is 0 Å². The standard InChI is InChI=1S/C14F26O5/c15-3(16,5(19,20)13(37,38)44-7(23,9(25,26)27)10(28,29)30)1(41)43-2(42)4(17,18)6(21,22)14(39,40)45-8(24,11(31,32)33)12(34,35)36. The van der Waals surface area contributed by atoms with Crippen LogP contribution in [0.1, 0.15) is 0 Å². The fraction of sp³-hybridized carbons (Fsp3) is 0.857. The Morgan fingerprint density at radius 2 is 0.511 bits per heavy atom. The molecule has 0 aliphatic carbocycles. The summed E-state index contributed by atoms with van der Waals surface area (Å²) in [4.78, 5) is 21.8. The maximum absolute atomic E-state index is 13.5. The molecule has 0 atom stereocenters. The molecule has 0 amide bonds. The molecule has 0 unspecified atom stereocenters. The summed E-state index contributed by atoms with van der Waals surface area (Å²) in [6, 6.07) is 0. The summed E-state index contributed by atoms with van der Waals surface area (Å²) in [6.07, 6.45) is -48.5. The van der Waals surface area contributed by atoms with Crippen LogP contribution in [0, 0.1) is 0 Å². The third-order valence-electron chi connectivity index (χ3n) is 4.21. The lowest BCUT2D eigenvalue weighted by Crippen LogP contribution is -2.67. The molecule has 0 saturated carbocycles. The maximum Gasteiger partial charge on any atom is 0.458 e. The van der Waals surface area contributed by atoms with E-state index in [1.807, 2.05) is 0 Å². The van der Waals surface area contributed by atoms with E-state index in [0.717, 1.165) is 9.47 Å². The number of rotatable bonds is 10. The van der Waals surface area contributed by atoms with Gasteiger partial charge in [0.1, 0.15) is 0 Å². The van der Waals surface area contributed by atoms with Crippen LogP contribution in [-0.2, 0) is 23.8 Å². The zero-order valence-electron chi connectivity index (χ0n) is 18.9. The van der Waals surface area contributed by atoms with Crippen molar-refractivity contribution in [3.63, 3.8) is 0 Å². The number of esters is 2. The topological polar surface area (TPSA) is 61.8 Å². The van der Waals surface area contributed by atoms with E-state index in [0.29, 0.717) is 0 Å². The first-order chi connectivity index (χ1) is 19.0. The summed E-state index contributed by atoms with van der Waals surface area (Å²) >= 11 is 0. The van der Waals surface area contributed by atoms with Gasteiger partial charge in [-0.25, -0.2) is 9.59 Å². The number of hydrogen-bond donors (Lipinski definition) is 0. The monoisotopic (exact) mass is 742 g/mol. The Hall–Kier alpha value is -2.76. The minimum absolute atomic E-state index is 1.05. The second-order valence-corrected chi connectivity index (χ2v) is 7.39. The molecule has 5 nitrogen and oxygen atoms in total. The molecule has 0 N–H and O–H groups in total. The van der Waals surface area contributed by atoms with E-state index in [4.69, 9.17) is 0 Å². The summed E-state index contributed by atoms with van der Waals surface area (Å²) < 4.78 is 338. The minimum atomic E-state index is -8.51. The Morgan fingerprint density at radius 1 is 0.333 bits per heavy atom. The van der Waals surface area contributed by atoms with E-state index in [-0.39, 0.29) is 0 Å². The minimum Gasteiger partial charge on any atom is -0.384 e. The molecule has 45 heavy (non-hydrogen) atoms. The van der Waals surface area contributed by atoms with Gasteiger partial charge >= 0.3 is 84.3 Å². The van der Waals surface area contributed by atoms with Crippen LogP contribution >= 0.6 is 0 Å². The van der Waals surface area contributed by atoms with Gasteiger partial charge in [-0.2, -0.15) is 114 Å². The predicted molar refractivity (Wildman–Crippen MR) is 74.8 cm³/mol. The van der Waals surface area contributed by atoms with Crippen molar-refractivity contribution in [2.75, 3.05) is 0 Å². The molecule has 0 radical (unpaired) electrons. The van der Waals surface area contributed by atoms with E-state index in [9.17, 15) is 124 Å². The van der Waals surface area contributed by atoms with Gasteiger partial charge < -0.3 is 4.74 Å². The van der Waals surface area contributed by atoms with Crippen molar-refractivity contribution < 1.29 is 138 Å². The van der Waals surface area contributed by atoms with Gasteiger partial charge in [-0.15, -0.1) is 0 Å². The molecule has 268 valence electrons. The van der Waals surface area contributed by atoms with Crippen molar-refractivity contribution >= 4 is 11.9 Å². The molecule has 0 aromatic carbocycles. The van der Waals surface area contributed by atoms with Crippen molar-refractivity contribution in [2.45, 2.75) is 72.3 Å². The lowest BCUT2D eigenvalue weighted by molar-refractivity contribution is -0.513. The molecular weight excluding hydrogens is 742 g/mol. The van der Waals surface area contributed by atoms with Gasteiger partial charge in [-0.3, -0.25) is 9.47 Å². The third-order valence-corrected chi connectivity index (χ3v) is 4.21. The summed E-state index contributed by atoms with van der Waals surface area (Å²) in [5.74, 6) is -60.1. The number of halogens is 26. The largest absolute Gasteiger partial charge is 0.458 e. The number of carbonyl (C=O) groups excluding carboxylic acids is 2. The molecule has 0 heterocycles. The van der Waals surface area contributed by atoms with Gasteiger partial charge in [-0.1, -0.05) is 0 Å². The van der Waals surface area contributed by atoms with E-state index >= 15 is 0 Å². The van der Waals surface area contributed by atoms with Gasteiger partial charge in [0, 0.05) is 0 Å². The average Bonchev–Trinajstić information content (AvgIpc) is 2.74. The molecule has 0 aliphatic rings. The first-order valence-electron chi connectivity index (χ1n) is 9.05. The molecule has 0 bridgehead atoms.